The van der Waals surface area contributed by atoms with Crippen molar-refractivity contribution in [2.45, 2.75) is 6.42 Å². The van der Waals surface area contributed by atoms with Crippen molar-refractivity contribution in [2.24, 2.45) is 0 Å². The van der Waals surface area contributed by atoms with Gasteiger partial charge in [-0.2, -0.15) is 0 Å². The van der Waals surface area contributed by atoms with E-state index in [9.17, 15) is 9.59 Å². The van der Waals surface area contributed by atoms with Gasteiger partial charge in [0.05, 0.1) is 19.8 Å². The Morgan fingerprint density at radius 1 is 1.18 bits per heavy atom. The zero-order chi connectivity index (χ0) is 15.8. The Kier molecular flexibility index (Phi) is 6.36. The minimum Gasteiger partial charge on any atom is -0.480 e. The largest absolute Gasteiger partial charge is 0.480 e. The number of benzene rings is 1. The number of hydrogen-bond donors (Lipinski definition) is 1. The molecule has 0 atom stereocenters. The van der Waals surface area contributed by atoms with Crippen LogP contribution in [0.2, 0.25) is 0 Å². The predicted octanol–water partition coefficient (Wildman–Crippen LogP) is 0.475. The van der Waals surface area contributed by atoms with E-state index in [0.29, 0.717) is 39.3 Å². The van der Waals surface area contributed by atoms with Crippen LogP contribution in [0.4, 0.5) is 0 Å². The molecule has 1 aliphatic heterocycles. The molecule has 1 aromatic rings. The van der Waals surface area contributed by atoms with Crippen molar-refractivity contribution >= 4 is 11.9 Å². The van der Waals surface area contributed by atoms with Crippen molar-refractivity contribution in [1.82, 2.24) is 9.80 Å². The summed E-state index contributed by atoms with van der Waals surface area (Å²) in [6.07, 6.45) is 0.656. The van der Waals surface area contributed by atoms with E-state index in [0.717, 1.165) is 5.56 Å². The molecule has 0 radical (unpaired) electrons. The van der Waals surface area contributed by atoms with Gasteiger partial charge in [0.1, 0.15) is 6.54 Å². The smallest absolute Gasteiger partial charge is 0.323 e. The molecule has 1 amide bonds. The van der Waals surface area contributed by atoms with E-state index in [2.05, 4.69) is 0 Å². The molecular weight excluding hydrogens is 284 g/mol. The molecule has 2 rings (SSSR count). The SMILES string of the molecule is O=C(O)CN(CCc1ccccc1)C(=O)CN1CCOCC1. The molecule has 0 spiro atoms. The molecule has 1 N–H and O–H groups in total. The molecule has 0 saturated carbocycles. The van der Waals surface area contributed by atoms with Crippen molar-refractivity contribution in [2.75, 3.05) is 45.9 Å². The van der Waals surface area contributed by atoms with E-state index >= 15 is 0 Å². The van der Waals surface area contributed by atoms with E-state index in [1.165, 1.54) is 4.90 Å². The number of ether oxygens (including phenoxy) is 1. The standard InChI is InChI=1S/C16H22N2O4/c19-15(12-17-8-10-22-11-9-17)18(13-16(20)21)7-6-14-4-2-1-3-5-14/h1-5H,6-13H2,(H,20,21). The first-order chi connectivity index (χ1) is 10.6. The first-order valence-electron chi connectivity index (χ1n) is 7.49. The van der Waals surface area contributed by atoms with Gasteiger partial charge in [0, 0.05) is 19.6 Å². The molecule has 0 aliphatic carbocycles. The molecule has 0 unspecified atom stereocenters. The van der Waals surface area contributed by atoms with Crippen LogP contribution in [-0.4, -0.2) is 72.7 Å². The zero-order valence-corrected chi connectivity index (χ0v) is 12.6. The highest BCUT2D eigenvalue weighted by molar-refractivity contribution is 5.82. The number of hydrogen-bond acceptors (Lipinski definition) is 4. The fraction of sp³-hybridized carbons (Fsp3) is 0.500. The van der Waals surface area contributed by atoms with Crippen molar-refractivity contribution in [3.05, 3.63) is 35.9 Å². The van der Waals surface area contributed by atoms with E-state index in [4.69, 9.17) is 9.84 Å². The maximum absolute atomic E-state index is 12.3. The molecule has 0 aromatic heterocycles. The maximum atomic E-state index is 12.3. The third kappa shape index (κ3) is 5.46. The van der Waals surface area contributed by atoms with Gasteiger partial charge < -0.3 is 14.7 Å². The number of carbonyl (C=O) groups is 2. The summed E-state index contributed by atoms with van der Waals surface area (Å²) in [4.78, 5) is 26.8. The Morgan fingerprint density at radius 3 is 2.50 bits per heavy atom. The topological polar surface area (TPSA) is 70.1 Å². The van der Waals surface area contributed by atoms with Crippen molar-refractivity contribution < 1.29 is 19.4 Å². The van der Waals surface area contributed by atoms with Gasteiger partial charge in [-0.1, -0.05) is 30.3 Å². The number of rotatable bonds is 7. The highest BCUT2D eigenvalue weighted by Gasteiger charge is 2.20. The Morgan fingerprint density at radius 2 is 1.86 bits per heavy atom. The second-order valence-corrected chi connectivity index (χ2v) is 5.33. The van der Waals surface area contributed by atoms with Gasteiger partial charge in [-0.05, 0) is 12.0 Å². The van der Waals surface area contributed by atoms with E-state index in [1.54, 1.807) is 0 Å². The van der Waals surface area contributed by atoms with Gasteiger partial charge in [0.15, 0.2) is 0 Å². The average Bonchev–Trinajstić information content (AvgIpc) is 2.53. The number of amides is 1. The summed E-state index contributed by atoms with van der Waals surface area (Å²) in [5.74, 6) is -1.12. The summed E-state index contributed by atoms with van der Waals surface area (Å²) in [5, 5.41) is 9.01. The second-order valence-electron chi connectivity index (χ2n) is 5.33. The Balaban J connectivity index is 1.89. The number of nitrogens with zero attached hydrogens (tertiary/aromatic N) is 2. The molecule has 1 aliphatic rings. The summed E-state index contributed by atoms with van der Waals surface area (Å²) < 4.78 is 5.25. The second kappa shape index (κ2) is 8.51. The van der Waals surface area contributed by atoms with Crippen molar-refractivity contribution in [3.8, 4) is 0 Å². The molecule has 1 fully saturated rings. The number of carboxylic acid groups (broad SMARTS) is 1. The molecule has 6 heteroatoms. The van der Waals surface area contributed by atoms with Crippen LogP contribution < -0.4 is 0 Å². The summed E-state index contributed by atoms with van der Waals surface area (Å²) in [5.41, 5.74) is 1.09. The van der Waals surface area contributed by atoms with Crippen LogP contribution >= 0.6 is 0 Å². The fourth-order valence-corrected chi connectivity index (χ4v) is 2.41. The lowest BCUT2D eigenvalue weighted by molar-refractivity contribution is -0.145. The first kappa shape index (κ1) is 16.5. The van der Waals surface area contributed by atoms with Gasteiger partial charge >= 0.3 is 5.97 Å². The highest BCUT2D eigenvalue weighted by atomic mass is 16.5. The van der Waals surface area contributed by atoms with Gasteiger partial charge in [0.25, 0.3) is 0 Å². The van der Waals surface area contributed by atoms with E-state index in [1.807, 2.05) is 35.2 Å². The van der Waals surface area contributed by atoms with Gasteiger partial charge in [0.2, 0.25) is 5.91 Å². The molecule has 1 aromatic carbocycles. The van der Waals surface area contributed by atoms with Crippen molar-refractivity contribution in [1.29, 1.82) is 0 Å². The minimum absolute atomic E-state index is 0.139. The van der Waals surface area contributed by atoms with Crippen LogP contribution in [0, 0.1) is 0 Å². The summed E-state index contributed by atoms with van der Waals surface area (Å²) in [7, 11) is 0. The van der Waals surface area contributed by atoms with Gasteiger partial charge in [-0.25, -0.2) is 0 Å². The molecule has 120 valence electrons. The van der Waals surface area contributed by atoms with Gasteiger partial charge in [-0.15, -0.1) is 0 Å². The number of morpholine rings is 1. The summed E-state index contributed by atoms with van der Waals surface area (Å²) >= 11 is 0. The molecule has 1 heterocycles. The Hall–Kier alpha value is -1.92. The zero-order valence-electron chi connectivity index (χ0n) is 12.6. The lowest BCUT2D eigenvalue weighted by atomic mass is 10.1. The molecular formula is C16H22N2O4. The molecule has 22 heavy (non-hydrogen) atoms. The minimum atomic E-state index is -0.983. The lowest BCUT2D eigenvalue weighted by Gasteiger charge is -2.29. The van der Waals surface area contributed by atoms with Crippen LogP contribution in [0.3, 0.4) is 0 Å². The summed E-state index contributed by atoms with van der Waals surface area (Å²) in [6, 6.07) is 9.76. The summed E-state index contributed by atoms with van der Waals surface area (Å²) in [6.45, 7) is 3.09. The molecule has 0 bridgehead atoms. The molecule has 1 saturated heterocycles. The van der Waals surface area contributed by atoms with Gasteiger partial charge in [-0.3, -0.25) is 14.5 Å². The monoisotopic (exact) mass is 306 g/mol. The maximum Gasteiger partial charge on any atom is 0.323 e. The third-order valence-electron chi connectivity index (χ3n) is 3.65. The Bertz CT molecular complexity index is 486. The van der Waals surface area contributed by atoms with Crippen molar-refractivity contribution in [3.63, 3.8) is 0 Å². The average molecular weight is 306 g/mol. The number of carboxylic acids is 1. The van der Waals surface area contributed by atoms with Crippen LogP contribution in [0.15, 0.2) is 30.3 Å². The third-order valence-corrected chi connectivity index (χ3v) is 3.65. The first-order valence-corrected chi connectivity index (χ1v) is 7.49. The molecule has 6 nitrogen and oxygen atoms in total. The fourth-order valence-electron chi connectivity index (χ4n) is 2.41. The normalized spacial score (nSPS) is 15.5. The lowest BCUT2D eigenvalue weighted by Crippen LogP contribution is -2.46. The quantitative estimate of drug-likeness (QED) is 0.793. The highest BCUT2D eigenvalue weighted by Crippen LogP contribution is 2.04. The number of aliphatic carboxylic acids is 1. The number of carbonyl (C=O) groups excluding carboxylic acids is 1. The van der Waals surface area contributed by atoms with Crippen LogP contribution in [0.5, 0.6) is 0 Å². The van der Waals surface area contributed by atoms with E-state index in [-0.39, 0.29) is 19.0 Å². The van der Waals surface area contributed by atoms with Crippen LogP contribution in [0.25, 0.3) is 0 Å². The van der Waals surface area contributed by atoms with E-state index < -0.39 is 5.97 Å². The van der Waals surface area contributed by atoms with Crippen LogP contribution in [0.1, 0.15) is 5.56 Å². The van der Waals surface area contributed by atoms with Crippen LogP contribution in [-0.2, 0) is 20.7 Å². The predicted molar refractivity (Wildman–Crippen MR) is 81.6 cm³/mol. The Labute approximate surface area is 130 Å².